The molecule has 0 aromatic rings. The zero-order valence-electron chi connectivity index (χ0n) is 11.0. The SMILES string of the molecule is CCCOCCC(=O)NCC1(C(=O)O)CCCC1. The fourth-order valence-corrected chi connectivity index (χ4v) is 2.29. The molecule has 0 aromatic heterocycles. The van der Waals surface area contributed by atoms with Gasteiger partial charge in [-0.2, -0.15) is 0 Å². The van der Waals surface area contributed by atoms with E-state index in [1.165, 1.54) is 0 Å². The van der Waals surface area contributed by atoms with E-state index in [0.29, 0.717) is 32.5 Å². The van der Waals surface area contributed by atoms with E-state index in [2.05, 4.69) is 5.32 Å². The van der Waals surface area contributed by atoms with Crippen molar-refractivity contribution in [2.24, 2.45) is 5.41 Å². The lowest BCUT2D eigenvalue weighted by Gasteiger charge is -2.23. The van der Waals surface area contributed by atoms with Crippen LogP contribution in [0.5, 0.6) is 0 Å². The third kappa shape index (κ3) is 4.29. The normalized spacial score (nSPS) is 17.6. The minimum absolute atomic E-state index is 0.126. The van der Waals surface area contributed by atoms with Crippen molar-refractivity contribution >= 4 is 11.9 Å². The van der Waals surface area contributed by atoms with Crippen molar-refractivity contribution < 1.29 is 19.4 Å². The maximum Gasteiger partial charge on any atom is 0.311 e. The van der Waals surface area contributed by atoms with Gasteiger partial charge < -0.3 is 15.2 Å². The molecule has 0 spiro atoms. The van der Waals surface area contributed by atoms with Crippen LogP contribution in [0.2, 0.25) is 0 Å². The molecule has 5 nitrogen and oxygen atoms in total. The van der Waals surface area contributed by atoms with Crippen LogP contribution in [-0.4, -0.2) is 36.7 Å². The summed E-state index contributed by atoms with van der Waals surface area (Å²) in [4.78, 5) is 22.8. The molecule has 0 unspecified atom stereocenters. The fourth-order valence-electron chi connectivity index (χ4n) is 2.29. The standard InChI is InChI=1S/C13H23NO4/c1-2-8-18-9-5-11(15)14-10-13(12(16)17)6-3-4-7-13/h2-10H2,1H3,(H,14,15)(H,16,17). The van der Waals surface area contributed by atoms with Crippen LogP contribution in [0.15, 0.2) is 0 Å². The summed E-state index contributed by atoms with van der Waals surface area (Å²) in [5.74, 6) is -0.916. The number of carbonyl (C=O) groups excluding carboxylic acids is 1. The topological polar surface area (TPSA) is 75.6 Å². The molecule has 0 aromatic carbocycles. The second-order valence-electron chi connectivity index (χ2n) is 4.93. The van der Waals surface area contributed by atoms with Gasteiger partial charge in [0.05, 0.1) is 12.0 Å². The fraction of sp³-hybridized carbons (Fsp3) is 0.846. The first-order valence-electron chi connectivity index (χ1n) is 6.68. The summed E-state index contributed by atoms with van der Waals surface area (Å²) in [6, 6.07) is 0. The molecule has 0 bridgehead atoms. The van der Waals surface area contributed by atoms with E-state index in [-0.39, 0.29) is 12.5 Å². The van der Waals surface area contributed by atoms with Crippen molar-refractivity contribution in [3.8, 4) is 0 Å². The molecule has 104 valence electrons. The van der Waals surface area contributed by atoms with E-state index in [1.54, 1.807) is 0 Å². The lowest BCUT2D eigenvalue weighted by molar-refractivity contribution is -0.148. The second kappa shape index (κ2) is 7.36. The highest BCUT2D eigenvalue weighted by molar-refractivity contribution is 5.79. The van der Waals surface area contributed by atoms with Crippen LogP contribution in [0, 0.1) is 5.41 Å². The van der Waals surface area contributed by atoms with Crippen molar-refractivity contribution in [3.63, 3.8) is 0 Å². The highest BCUT2D eigenvalue weighted by Crippen LogP contribution is 2.37. The van der Waals surface area contributed by atoms with Crippen molar-refractivity contribution in [1.82, 2.24) is 5.32 Å². The van der Waals surface area contributed by atoms with Gasteiger partial charge in [0.25, 0.3) is 0 Å². The molecule has 1 fully saturated rings. The molecule has 1 saturated carbocycles. The van der Waals surface area contributed by atoms with Crippen molar-refractivity contribution in [1.29, 1.82) is 0 Å². The Labute approximate surface area is 108 Å². The molecule has 2 N–H and O–H groups in total. The predicted octanol–water partition coefficient (Wildman–Crippen LogP) is 1.56. The highest BCUT2D eigenvalue weighted by atomic mass is 16.5. The molecule has 5 heteroatoms. The molecule has 0 saturated heterocycles. The Morgan fingerprint density at radius 1 is 1.28 bits per heavy atom. The number of nitrogens with one attached hydrogen (secondary N) is 1. The van der Waals surface area contributed by atoms with E-state index in [9.17, 15) is 14.7 Å². The maximum absolute atomic E-state index is 11.5. The van der Waals surface area contributed by atoms with Gasteiger partial charge in [-0.25, -0.2) is 0 Å². The number of carboxylic acid groups (broad SMARTS) is 1. The molecule has 1 rings (SSSR count). The van der Waals surface area contributed by atoms with Crippen molar-refractivity contribution in [2.45, 2.75) is 45.4 Å². The third-order valence-corrected chi connectivity index (χ3v) is 3.46. The second-order valence-corrected chi connectivity index (χ2v) is 4.93. The van der Waals surface area contributed by atoms with Gasteiger partial charge in [0.1, 0.15) is 0 Å². The molecule has 18 heavy (non-hydrogen) atoms. The summed E-state index contributed by atoms with van der Waals surface area (Å²) in [6.07, 6.45) is 4.42. The molecule has 0 radical (unpaired) electrons. The summed E-state index contributed by atoms with van der Waals surface area (Å²) >= 11 is 0. The van der Waals surface area contributed by atoms with E-state index < -0.39 is 11.4 Å². The Morgan fingerprint density at radius 2 is 1.94 bits per heavy atom. The van der Waals surface area contributed by atoms with Crippen LogP contribution in [-0.2, 0) is 14.3 Å². The zero-order valence-corrected chi connectivity index (χ0v) is 11.0. The number of hydrogen-bond donors (Lipinski definition) is 2. The molecule has 1 aliphatic rings. The Kier molecular flexibility index (Phi) is 6.12. The number of aliphatic carboxylic acids is 1. The van der Waals surface area contributed by atoms with Gasteiger partial charge in [-0.05, 0) is 19.3 Å². The number of carbonyl (C=O) groups is 2. The van der Waals surface area contributed by atoms with E-state index >= 15 is 0 Å². The van der Waals surface area contributed by atoms with Gasteiger partial charge in [0.15, 0.2) is 0 Å². The smallest absolute Gasteiger partial charge is 0.311 e. The first kappa shape index (κ1) is 15.0. The Morgan fingerprint density at radius 3 is 2.50 bits per heavy atom. The number of carboxylic acids is 1. The van der Waals surface area contributed by atoms with Gasteiger partial charge in [0.2, 0.25) is 5.91 Å². The molecular weight excluding hydrogens is 234 g/mol. The van der Waals surface area contributed by atoms with Gasteiger partial charge >= 0.3 is 5.97 Å². The van der Waals surface area contributed by atoms with Gasteiger partial charge in [0, 0.05) is 19.6 Å². The summed E-state index contributed by atoms with van der Waals surface area (Å²) in [5, 5.41) is 12.0. The first-order valence-corrected chi connectivity index (χ1v) is 6.68. The molecule has 0 atom stereocenters. The van der Waals surface area contributed by atoms with E-state index in [1.807, 2.05) is 6.92 Å². The lowest BCUT2D eigenvalue weighted by Crippen LogP contribution is -2.41. The molecule has 0 heterocycles. The minimum Gasteiger partial charge on any atom is -0.481 e. The summed E-state index contributed by atoms with van der Waals surface area (Å²) in [7, 11) is 0. The van der Waals surface area contributed by atoms with Crippen molar-refractivity contribution in [2.75, 3.05) is 19.8 Å². The van der Waals surface area contributed by atoms with Gasteiger partial charge in [-0.3, -0.25) is 9.59 Å². The quantitative estimate of drug-likeness (QED) is 0.647. The largest absolute Gasteiger partial charge is 0.481 e. The number of hydrogen-bond acceptors (Lipinski definition) is 3. The number of amides is 1. The van der Waals surface area contributed by atoms with Crippen LogP contribution in [0.3, 0.4) is 0 Å². The van der Waals surface area contributed by atoms with Crippen LogP contribution in [0.1, 0.15) is 45.4 Å². The lowest BCUT2D eigenvalue weighted by atomic mass is 9.86. The molecule has 0 aliphatic heterocycles. The Bertz CT molecular complexity index is 285. The van der Waals surface area contributed by atoms with Crippen LogP contribution in [0.4, 0.5) is 0 Å². The zero-order chi connectivity index (χ0) is 13.4. The Hall–Kier alpha value is -1.10. The maximum atomic E-state index is 11.5. The van der Waals surface area contributed by atoms with Crippen LogP contribution in [0.25, 0.3) is 0 Å². The third-order valence-electron chi connectivity index (χ3n) is 3.46. The molecule has 1 amide bonds. The monoisotopic (exact) mass is 257 g/mol. The van der Waals surface area contributed by atoms with Gasteiger partial charge in [-0.15, -0.1) is 0 Å². The molecule has 1 aliphatic carbocycles. The summed E-state index contributed by atoms with van der Waals surface area (Å²) in [6.45, 7) is 3.32. The molecular formula is C13H23NO4. The number of rotatable bonds is 8. The van der Waals surface area contributed by atoms with E-state index in [4.69, 9.17) is 4.74 Å². The van der Waals surface area contributed by atoms with E-state index in [0.717, 1.165) is 19.3 Å². The highest BCUT2D eigenvalue weighted by Gasteiger charge is 2.41. The Balaban J connectivity index is 2.26. The summed E-state index contributed by atoms with van der Waals surface area (Å²) < 4.78 is 5.22. The minimum atomic E-state index is -0.789. The van der Waals surface area contributed by atoms with Crippen LogP contribution >= 0.6 is 0 Å². The van der Waals surface area contributed by atoms with Gasteiger partial charge in [-0.1, -0.05) is 19.8 Å². The average molecular weight is 257 g/mol. The first-order chi connectivity index (χ1) is 8.60. The average Bonchev–Trinajstić information content (AvgIpc) is 2.82. The number of ether oxygens (including phenoxy) is 1. The van der Waals surface area contributed by atoms with Crippen LogP contribution < -0.4 is 5.32 Å². The summed E-state index contributed by atoms with van der Waals surface area (Å²) in [5.41, 5.74) is -0.736. The predicted molar refractivity (Wildman–Crippen MR) is 67.3 cm³/mol. The van der Waals surface area contributed by atoms with Crippen molar-refractivity contribution in [3.05, 3.63) is 0 Å².